The predicted octanol–water partition coefficient (Wildman–Crippen LogP) is 4.82. The number of anilines is 1. The van der Waals surface area contributed by atoms with E-state index < -0.39 is 0 Å². The Bertz CT molecular complexity index is 696. The number of hydrogen-bond acceptors (Lipinski definition) is 2. The van der Waals surface area contributed by atoms with Gasteiger partial charge in [0.05, 0.1) is 6.20 Å². The number of allylic oxidation sites excluding steroid dienone is 1. The molecule has 0 unspecified atom stereocenters. The normalized spacial score (nSPS) is 22.4. The van der Waals surface area contributed by atoms with Gasteiger partial charge in [-0.3, -0.25) is 0 Å². The minimum Gasteiger partial charge on any atom is -0.330 e. The van der Waals surface area contributed by atoms with Crippen LogP contribution in [0.25, 0.3) is 0 Å². The molecule has 1 aromatic carbocycles. The molecular weight excluding hydrogens is 270 g/mol. The molecule has 1 heterocycles. The molecule has 0 saturated heterocycles. The van der Waals surface area contributed by atoms with E-state index in [9.17, 15) is 0 Å². The van der Waals surface area contributed by atoms with Crippen LogP contribution in [0.1, 0.15) is 56.4 Å². The molecule has 3 heteroatoms. The lowest BCUT2D eigenvalue weighted by Gasteiger charge is -2.04. The molecule has 0 aliphatic heterocycles. The summed E-state index contributed by atoms with van der Waals surface area (Å²) in [6, 6.07) is 9.00. The summed E-state index contributed by atoms with van der Waals surface area (Å²) in [5.74, 6) is 1.83. The number of rotatable bonds is 5. The summed E-state index contributed by atoms with van der Waals surface area (Å²) in [7, 11) is 0. The van der Waals surface area contributed by atoms with Crippen molar-refractivity contribution in [1.29, 1.82) is 0 Å². The van der Waals surface area contributed by atoms with Crippen molar-refractivity contribution in [3.8, 4) is 0 Å². The van der Waals surface area contributed by atoms with Gasteiger partial charge in [-0.25, -0.2) is 4.98 Å². The first-order chi connectivity index (χ1) is 10.4. The lowest BCUT2D eigenvalue weighted by atomic mass is 10.0. The van der Waals surface area contributed by atoms with Gasteiger partial charge in [-0.2, -0.15) is 0 Å². The van der Waals surface area contributed by atoms with E-state index in [0.29, 0.717) is 11.8 Å². The minimum absolute atomic E-state index is 0.263. The van der Waals surface area contributed by atoms with Crippen molar-refractivity contribution in [2.24, 2.45) is 5.41 Å². The number of H-pyrrole nitrogens is 1. The SMILES string of the molecule is C=C(C)Nc1ncc([C@@H]2[C@@H](c3cccc(CC)c3)C2(C)C)[nH]1. The molecule has 1 aliphatic carbocycles. The summed E-state index contributed by atoms with van der Waals surface area (Å²) in [5, 5.41) is 3.15. The second kappa shape index (κ2) is 5.31. The quantitative estimate of drug-likeness (QED) is 0.830. The first-order valence-electron chi connectivity index (χ1n) is 7.99. The third-order valence-corrected chi connectivity index (χ3v) is 4.81. The topological polar surface area (TPSA) is 40.7 Å². The molecule has 2 aromatic rings. The van der Waals surface area contributed by atoms with Crippen molar-refractivity contribution in [2.45, 2.75) is 46.0 Å². The van der Waals surface area contributed by atoms with E-state index in [0.717, 1.165) is 18.1 Å². The number of nitrogens with zero attached hydrogens (tertiary/aromatic N) is 1. The number of hydrogen-bond donors (Lipinski definition) is 2. The highest BCUT2D eigenvalue weighted by molar-refractivity contribution is 5.43. The third-order valence-electron chi connectivity index (χ3n) is 4.81. The number of imidazole rings is 1. The molecule has 1 fully saturated rings. The van der Waals surface area contributed by atoms with Crippen molar-refractivity contribution in [2.75, 3.05) is 5.32 Å². The Labute approximate surface area is 132 Å². The van der Waals surface area contributed by atoms with Crippen molar-refractivity contribution in [1.82, 2.24) is 9.97 Å². The zero-order valence-corrected chi connectivity index (χ0v) is 13.9. The van der Waals surface area contributed by atoms with Crippen LogP contribution < -0.4 is 5.32 Å². The Balaban J connectivity index is 1.85. The number of aromatic amines is 1. The van der Waals surface area contributed by atoms with Gasteiger partial charge in [0.2, 0.25) is 5.95 Å². The molecule has 1 saturated carbocycles. The van der Waals surface area contributed by atoms with Crippen molar-refractivity contribution >= 4 is 5.95 Å². The second-order valence-electron chi connectivity index (χ2n) is 6.97. The van der Waals surface area contributed by atoms with Crippen LogP contribution in [0.3, 0.4) is 0 Å². The van der Waals surface area contributed by atoms with E-state index in [1.807, 2.05) is 13.1 Å². The first-order valence-corrected chi connectivity index (χ1v) is 7.99. The third kappa shape index (κ3) is 2.56. The average Bonchev–Trinajstić information content (AvgIpc) is 2.81. The smallest absolute Gasteiger partial charge is 0.204 e. The minimum atomic E-state index is 0.263. The lowest BCUT2D eigenvalue weighted by molar-refractivity contribution is 0.598. The molecule has 22 heavy (non-hydrogen) atoms. The van der Waals surface area contributed by atoms with Crippen molar-refractivity contribution in [3.05, 3.63) is 59.6 Å². The van der Waals surface area contributed by atoms with Gasteiger partial charge in [-0.15, -0.1) is 0 Å². The van der Waals surface area contributed by atoms with E-state index in [4.69, 9.17) is 0 Å². The van der Waals surface area contributed by atoms with E-state index in [1.165, 1.54) is 16.8 Å². The average molecular weight is 295 g/mol. The highest BCUT2D eigenvalue weighted by Gasteiger charge is 2.59. The molecule has 0 radical (unpaired) electrons. The Morgan fingerprint density at radius 1 is 1.36 bits per heavy atom. The fraction of sp³-hybridized carbons (Fsp3) is 0.421. The molecule has 1 aliphatic rings. The van der Waals surface area contributed by atoms with Crippen molar-refractivity contribution < 1.29 is 0 Å². The van der Waals surface area contributed by atoms with E-state index >= 15 is 0 Å². The summed E-state index contributed by atoms with van der Waals surface area (Å²) >= 11 is 0. The van der Waals surface area contributed by atoms with Crippen LogP contribution in [0.15, 0.2) is 42.7 Å². The van der Waals surface area contributed by atoms with Gasteiger partial charge < -0.3 is 10.3 Å². The first kappa shape index (κ1) is 14.9. The van der Waals surface area contributed by atoms with Gasteiger partial charge in [0.1, 0.15) is 0 Å². The highest BCUT2D eigenvalue weighted by Crippen LogP contribution is 2.69. The van der Waals surface area contributed by atoms with Gasteiger partial charge in [0.15, 0.2) is 0 Å². The summed E-state index contributed by atoms with van der Waals surface area (Å²) in [4.78, 5) is 7.82. The van der Waals surface area contributed by atoms with Crippen LogP contribution in [-0.2, 0) is 6.42 Å². The molecule has 0 bridgehead atoms. The van der Waals surface area contributed by atoms with Gasteiger partial charge in [0, 0.05) is 17.3 Å². The zero-order valence-electron chi connectivity index (χ0n) is 13.9. The summed E-state index contributed by atoms with van der Waals surface area (Å²) < 4.78 is 0. The Morgan fingerprint density at radius 2 is 2.14 bits per heavy atom. The second-order valence-corrected chi connectivity index (χ2v) is 6.97. The molecule has 116 valence electrons. The van der Waals surface area contributed by atoms with Gasteiger partial charge in [-0.05, 0) is 35.8 Å². The van der Waals surface area contributed by atoms with Crippen LogP contribution in [-0.4, -0.2) is 9.97 Å². The number of nitrogens with one attached hydrogen (secondary N) is 2. The molecule has 0 amide bonds. The van der Waals surface area contributed by atoms with Crippen LogP contribution in [0, 0.1) is 5.41 Å². The van der Waals surface area contributed by atoms with Crippen molar-refractivity contribution in [3.63, 3.8) is 0 Å². The van der Waals surface area contributed by atoms with Gasteiger partial charge >= 0.3 is 0 Å². The Kier molecular flexibility index (Phi) is 3.59. The van der Waals surface area contributed by atoms with Gasteiger partial charge in [-0.1, -0.05) is 51.6 Å². The predicted molar refractivity (Wildman–Crippen MR) is 92.1 cm³/mol. The summed E-state index contributed by atoms with van der Waals surface area (Å²) in [6.07, 6.45) is 3.05. The monoisotopic (exact) mass is 295 g/mol. The van der Waals surface area contributed by atoms with Gasteiger partial charge in [0.25, 0.3) is 0 Å². The number of aryl methyl sites for hydroxylation is 1. The zero-order chi connectivity index (χ0) is 15.9. The molecule has 2 N–H and O–H groups in total. The maximum absolute atomic E-state index is 4.42. The molecule has 0 spiro atoms. The largest absolute Gasteiger partial charge is 0.330 e. The Morgan fingerprint density at radius 3 is 2.82 bits per heavy atom. The fourth-order valence-corrected chi connectivity index (χ4v) is 3.61. The van der Waals surface area contributed by atoms with Crippen LogP contribution in [0.2, 0.25) is 0 Å². The maximum atomic E-state index is 4.42. The van der Waals surface area contributed by atoms with Crippen LogP contribution in [0.4, 0.5) is 5.95 Å². The summed E-state index contributed by atoms with van der Waals surface area (Å²) in [6.45, 7) is 12.7. The maximum Gasteiger partial charge on any atom is 0.204 e. The standard InChI is InChI=1S/C19H25N3/c1-6-13-8-7-9-14(10-13)16-17(19(16,4)5)15-11-20-18(22-15)21-12(2)3/h7-11,16-17H,2,6H2,1,3-5H3,(H2,20,21,22)/t16-,17-/m1/s1. The number of benzene rings is 1. The summed E-state index contributed by atoms with van der Waals surface area (Å²) in [5.41, 5.74) is 5.22. The van der Waals surface area contributed by atoms with Crippen LogP contribution in [0.5, 0.6) is 0 Å². The molecule has 3 nitrogen and oxygen atoms in total. The van der Waals surface area contributed by atoms with E-state index in [1.54, 1.807) is 0 Å². The molecule has 3 rings (SSSR count). The van der Waals surface area contributed by atoms with E-state index in [-0.39, 0.29) is 5.41 Å². The molecule has 1 aromatic heterocycles. The highest BCUT2D eigenvalue weighted by atomic mass is 15.1. The molecular formula is C19H25N3. The lowest BCUT2D eigenvalue weighted by Crippen LogP contribution is -1.96. The van der Waals surface area contributed by atoms with E-state index in [2.05, 4.69) is 66.9 Å². The van der Waals surface area contributed by atoms with Crippen LogP contribution >= 0.6 is 0 Å². The number of aromatic nitrogens is 2. The Hall–Kier alpha value is -2.03. The fourth-order valence-electron chi connectivity index (χ4n) is 3.61. The molecule has 2 atom stereocenters.